The number of carbonyl (C=O) groups is 1. The Labute approximate surface area is 114 Å². The van der Waals surface area contributed by atoms with E-state index in [4.69, 9.17) is 10.2 Å². The summed E-state index contributed by atoms with van der Waals surface area (Å²) in [5, 5.41) is 21.1. The molecular weight excluding hydrogens is 298 g/mol. The number of carboxylic acids is 1. The van der Waals surface area contributed by atoms with Gasteiger partial charge in [0.25, 0.3) is 0 Å². The lowest BCUT2D eigenvalue weighted by molar-refractivity contribution is -0.139. The van der Waals surface area contributed by atoms with Crippen molar-refractivity contribution in [1.29, 1.82) is 0 Å². The molecule has 0 atom stereocenters. The minimum atomic E-state index is -4.85. The average molecular weight is 305 g/mol. The van der Waals surface area contributed by atoms with Gasteiger partial charge in [-0.3, -0.25) is 0 Å². The number of benzene rings is 1. The molecule has 0 saturated heterocycles. The molecule has 0 aliphatic carbocycles. The van der Waals surface area contributed by atoms with Crippen LogP contribution in [0.1, 0.15) is 21.6 Å². The van der Waals surface area contributed by atoms with Crippen LogP contribution in [0.25, 0.3) is 11.3 Å². The van der Waals surface area contributed by atoms with Gasteiger partial charge in [0.15, 0.2) is 11.5 Å². The van der Waals surface area contributed by atoms with E-state index < -0.39 is 35.8 Å². The van der Waals surface area contributed by atoms with E-state index in [1.165, 1.54) is 0 Å². The second-order valence-electron chi connectivity index (χ2n) is 3.99. The van der Waals surface area contributed by atoms with Crippen molar-refractivity contribution in [3.8, 4) is 11.3 Å². The second-order valence-corrected chi connectivity index (χ2v) is 3.99. The van der Waals surface area contributed by atoms with Gasteiger partial charge in [-0.1, -0.05) is 11.2 Å². The number of rotatable bonds is 3. The lowest BCUT2D eigenvalue weighted by Crippen LogP contribution is -2.08. The molecule has 1 heterocycles. The Bertz CT molecular complexity index is 693. The first-order valence-corrected chi connectivity index (χ1v) is 5.45. The summed E-state index contributed by atoms with van der Waals surface area (Å²) in [4.78, 5) is 10.8. The van der Waals surface area contributed by atoms with Crippen molar-refractivity contribution < 1.29 is 37.1 Å². The number of nitrogens with zero attached hydrogens (tertiary/aromatic N) is 1. The predicted molar refractivity (Wildman–Crippen MR) is 59.8 cm³/mol. The second kappa shape index (κ2) is 5.17. The van der Waals surface area contributed by atoms with Crippen molar-refractivity contribution in [3.63, 3.8) is 0 Å². The van der Waals surface area contributed by atoms with E-state index >= 15 is 0 Å². The highest BCUT2D eigenvalue weighted by atomic mass is 19.4. The SMILES string of the molecule is O=C(O)c1noc(-c2ccc(C(F)(F)F)c(F)c2)c1CO. The molecule has 5 nitrogen and oxygen atoms in total. The zero-order chi connectivity index (χ0) is 15.8. The van der Waals surface area contributed by atoms with Crippen LogP contribution in [-0.2, 0) is 12.8 Å². The topological polar surface area (TPSA) is 83.6 Å². The Hall–Kier alpha value is -2.42. The van der Waals surface area contributed by atoms with Crippen LogP contribution in [0.3, 0.4) is 0 Å². The lowest BCUT2D eigenvalue weighted by Gasteiger charge is -2.08. The van der Waals surface area contributed by atoms with Crippen LogP contribution in [0.15, 0.2) is 22.7 Å². The molecule has 0 aliphatic heterocycles. The quantitative estimate of drug-likeness (QED) is 0.852. The van der Waals surface area contributed by atoms with Crippen molar-refractivity contribution in [2.24, 2.45) is 0 Å². The molecule has 21 heavy (non-hydrogen) atoms. The van der Waals surface area contributed by atoms with Crippen molar-refractivity contribution in [2.75, 3.05) is 0 Å². The smallest absolute Gasteiger partial charge is 0.419 e. The Morgan fingerprint density at radius 3 is 2.48 bits per heavy atom. The van der Waals surface area contributed by atoms with Gasteiger partial charge in [0.2, 0.25) is 0 Å². The van der Waals surface area contributed by atoms with Crippen LogP contribution in [0.5, 0.6) is 0 Å². The van der Waals surface area contributed by atoms with Crippen molar-refractivity contribution >= 4 is 5.97 Å². The third-order valence-corrected chi connectivity index (χ3v) is 2.69. The molecule has 112 valence electrons. The maximum absolute atomic E-state index is 13.5. The van der Waals surface area contributed by atoms with Crippen molar-refractivity contribution in [1.82, 2.24) is 5.16 Å². The van der Waals surface area contributed by atoms with Crippen LogP contribution >= 0.6 is 0 Å². The molecule has 0 saturated carbocycles. The fourth-order valence-electron chi connectivity index (χ4n) is 1.74. The van der Waals surface area contributed by atoms with Gasteiger partial charge in [-0.05, 0) is 12.1 Å². The number of aliphatic hydroxyl groups excluding tert-OH is 1. The summed E-state index contributed by atoms with van der Waals surface area (Å²) < 4.78 is 55.5. The number of aliphatic hydroxyl groups is 1. The molecule has 0 fully saturated rings. The summed E-state index contributed by atoms with van der Waals surface area (Å²) in [6.45, 7) is -0.775. The van der Waals surface area contributed by atoms with Gasteiger partial charge in [0.05, 0.1) is 17.7 Å². The Balaban J connectivity index is 2.54. The molecule has 2 aromatic rings. The average Bonchev–Trinajstić information content (AvgIpc) is 2.80. The van der Waals surface area contributed by atoms with Gasteiger partial charge in [0.1, 0.15) is 5.82 Å². The highest BCUT2D eigenvalue weighted by Crippen LogP contribution is 2.34. The summed E-state index contributed by atoms with van der Waals surface area (Å²) in [6, 6.07) is 1.93. The first-order chi connectivity index (χ1) is 9.75. The normalized spacial score (nSPS) is 11.7. The largest absolute Gasteiger partial charge is 0.476 e. The Morgan fingerprint density at radius 2 is 2.00 bits per heavy atom. The van der Waals surface area contributed by atoms with Gasteiger partial charge in [-0.25, -0.2) is 9.18 Å². The molecule has 0 unspecified atom stereocenters. The number of aromatic nitrogens is 1. The number of halogens is 4. The summed E-state index contributed by atoms with van der Waals surface area (Å²) in [6.07, 6.45) is -4.85. The zero-order valence-electron chi connectivity index (χ0n) is 10.1. The highest BCUT2D eigenvalue weighted by molar-refractivity contribution is 5.89. The van der Waals surface area contributed by atoms with Crippen LogP contribution in [0, 0.1) is 5.82 Å². The van der Waals surface area contributed by atoms with Gasteiger partial charge < -0.3 is 14.7 Å². The van der Waals surface area contributed by atoms with E-state index in [-0.39, 0.29) is 16.9 Å². The Morgan fingerprint density at radius 1 is 1.33 bits per heavy atom. The standard InChI is InChI=1S/C12H7F4NO4/c13-8-3-5(1-2-7(8)12(14,15)16)10-6(4-18)9(11(19)20)17-21-10/h1-3,18H,4H2,(H,19,20). The van der Waals surface area contributed by atoms with Gasteiger partial charge >= 0.3 is 12.1 Å². The number of hydrogen-bond acceptors (Lipinski definition) is 4. The monoisotopic (exact) mass is 305 g/mol. The third-order valence-electron chi connectivity index (χ3n) is 2.69. The fraction of sp³-hybridized carbons (Fsp3) is 0.167. The summed E-state index contributed by atoms with van der Waals surface area (Å²) in [5.41, 5.74) is -2.46. The van der Waals surface area contributed by atoms with E-state index in [0.717, 1.165) is 6.07 Å². The number of carboxylic acid groups (broad SMARTS) is 1. The Kier molecular flexibility index (Phi) is 3.69. The van der Waals surface area contributed by atoms with Crippen LogP contribution in [0.4, 0.5) is 17.6 Å². The molecule has 0 aliphatic rings. The lowest BCUT2D eigenvalue weighted by atomic mass is 10.0. The molecule has 1 aromatic heterocycles. The van der Waals surface area contributed by atoms with Gasteiger partial charge in [0, 0.05) is 5.56 Å². The van der Waals surface area contributed by atoms with Crippen LogP contribution in [0.2, 0.25) is 0 Å². The molecule has 2 rings (SSSR count). The summed E-state index contributed by atoms with van der Waals surface area (Å²) in [5.74, 6) is -3.33. The molecular formula is C12H7F4NO4. The maximum atomic E-state index is 13.5. The van der Waals surface area contributed by atoms with Gasteiger partial charge in [-0.2, -0.15) is 13.2 Å². The molecule has 0 radical (unpaired) electrons. The van der Waals surface area contributed by atoms with E-state index in [1.54, 1.807) is 0 Å². The zero-order valence-corrected chi connectivity index (χ0v) is 10.1. The van der Waals surface area contributed by atoms with E-state index in [0.29, 0.717) is 12.1 Å². The fourth-order valence-corrected chi connectivity index (χ4v) is 1.74. The first-order valence-electron chi connectivity index (χ1n) is 5.45. The van der Waals surface area contributed by atoms with Gasteiger partial charge in [-0.15, -0.1) is 0 Å². The number of alkyl halides is 3. The molecule has 0 amide bonds. The highest BCUT2D eigenvalue weighted by Gasteiger charge is 2.34. The molecule has 9 heteroatoms. The molecule has 0 spiro atoms. The molecule has 0 bridgehead atoms. The maximum Gasteiger partial charge on any atom is 0.419 e. The predicted octanol–water partition coefficient (Wildman–Crippen LogP) is 2.69. The molecule has 2 N–H and O–H groups in total. The molecule has 1 aromatic carbocycles. The van der Waals surface area contributed by atoms with Crippen LogP contribution in [-0.4, -0.2) is 21.3 Å². The first kappa shape index (κ1) is 15.0. The van der Waals surface area contributed by atoms with Crippen LogP contribution < -0.4 is 0 Å². The number of aromatic carboxylic acids is 1. The minimum Gasteiger partial charge on any atom is -0.476 e. The van der Waals surface area contributed by atoms with E-state index in [9.17, 15) is 22.4 Å². The summed E-state index contributed by atoms with van der Waals surface area (Å²) in [7, 11) is 0. The van der Waals surface area contributed by atoms with Crippen molar-refractivity contribution in [2.45, 2.75) is 12.8 Å². The van der Waals surface area contributed by atoms with E-state index in [2.05, 4.69) is 9.68 Å². The third kappa shape index (κ3) is 2.72. The number of hydrogen-bond donors (Lipinski definition) is 2. The van der Waals surface area contributed by atoms with E-state index in [1.807, 2.05) is 0 Å². The van der Waals surface area contributed by atoms with Crippen molar-refractivity contribution in [3.05, 3.63) is 40.8 Å². The minimum absolute atomic E-state index is 0.162. The summed E-state index contributed by atoms with van der Waals surface area (Å²) >= 11 is 0.